The van der Waals surface area contributed by atoms with Gasteiger partial charge in [0.25, 0.3) is 11.1 Å². The molecular weight excluding hydrogens is 496 g/mol. The van der Waals surface area contributed by atoms with Crippen molar-refractivity contribution in [1.82, 2.24) is 4.90 Å². The zero-order valence-corrected chi connectivity index (χ0v) is 20.3. The molecule has 1 aliphatic heterocycles. The predicted molar refractivity (Wildman–Crippen MR) is 135 cm³/mol. The van der Waals surface area contributed by atoms with Gasteiger partial charge in [0.05, 0.1) is 15.0 Å². The summed E-state index contributed by atoms with van der Waals surface area (Å²) in [5, 5.41) is 0.242. The third-order valence-electron chi connectivity index (χ3n) is 5.18. The van der Waals surface area contributed by atoms with Crippen LogP contribution in [0.1, 0.15) is 23.1 Å². The second-order valence-electron chi connectivity index (χ2n) is 7.65. The first kappa shape index (κ1) is 24.3. The van der Waals surface area contributed by atoms with Crippen molar-refractivity contribution in [2.45, 2.75) is 19.4 Å². The smallest absolute Gasteiger partial charge is 0.293 e. The normalized spacial score (nSPS) is 14.8. The Morgan fingerprint density at radius 3 is 2.29 bits per heavy atom. The SMILES string of the molecule is O=C1S/C(=C/c2cc(Cl)c(OCc3ccc(F)cc3)c(Cl)c2)C(=O)N1CCCc1ccccc1. The number of imide groups is 1. The van der Waals surface area contributed by atoms with Crippen LogP contribution >= 0.6 is 35.0 Å². The molecule has 4 nitrogen and oxygen atoms in total. The molecule has 0 atom stereocenters. The summed E-state index contributed by atoms with van der Waals surface area (Å²) in [6.07, 6.45) is 3.07. The highest BCUT2D eigenvalue weighted by Crippen LogP contribution is 2.38. The molecule has 0 aliphatic carbocycles. The molecule has 1 saturated heterocycles. The summed E-state index contributed by atoms with van der Waals surface area (Å²) >= 11 is 13.6. The Morgan fingerprint density at radius 1 is 0.941 bits per heavy atom. The van der Waals surface area contributed by atoms with Gasteiger partial charge in [0, 0.05) is 6.54 Å². The van der Waals surface area contributed by atoms with E-state index in [-0.39, 0.29) is 33.6 Å². The number of halogens is 3. The lowest BCUT2D eigenvalue weighted by atomic mass is 10.1. The van der Waals surface area contributed by atoms with Gasteiger partial charge in [-0.3, -0.25) is 14.5 Å². The highest BCUT2D eigenvalue weighted by atomic mass is 35.5. The van der Waals surface area contributed by atoms with Crippen molar-refractivity contribution in [3.63, 3.8) is 0 Å². The Balaban J connectivity index is 1.41. The minimum absolute atomic E-state index is 0.168. The lowest BCUT2D eigenvalue weighted by Gasteiger charge is -2.12. The Bertz CT molecular complexity index is 1210. The number of rotatable bonds is 8. The zero-order valence-electron chi connectivity index (χ0n) is 18.0. The number of aryl methyl sites for hydroxylation is 1. The van der Waals surface area contributed by atoms with E-state index in [0.717, 1.165) is 29.3 Å². The molecule has 3 aromatic rings. The quantitative estimate of drug-likeness (QED) is 0.293. The minimum Gasteiger partial charge on any atom is -0.486 e. The minimum atomic E-state index is -0.329. The van der Waals surface area contributed by atoms with Crippen LogP contribution in [0.4, 0.5) is 9.18 Å². The molecule has 1 aliphatic rings. The van der Waals surface area contributed by atoms with Gasteiger partial charge < -0.3 is 4.74 Å². The van der Waals surface area contributed by atoms with Gasteiger partial charge in [-0.1, -0.05) is 65.7 Å². The van der Waals surface area contributed by atoms with Crippen molar-refractivity contribution in [3.8, 4) is 5.75 Å². The van der Waals surface area contributed by atoms with Crippen LogP contribution in [-0.4, -0.2) is 22.6 Å². The first-order valence-electron chi connectivity index (χ1n) is 10.6. The van der Waals surface area contributed by atoms with E-state index in [4.69, 9.17) is 27.9 Å². The third-order valence-corrected chi connectivity index (χ3v) is 6.65. The molecule has 1 fully saturated rings. The van der Waals surface area contributed by atoms with Gasteiger partial charge in [-0.25, -0.2) is 4.39 Å². The average Bonchev–Trinajstić information content (AvgIpc) is 3.07. The Morgan fingerprint density at radius 2 is 1.62 bits per heavy atom. The van der Waals surface area contributed by atoms with E-state index in [0.29, 0.717) is 29.2 Å². The maximum atomic E-state index is 13.1. The standard InChI is InChI=1S/C26H20Cl2FNO3S/c27-21-13-19(14-22(28)24(21)33-16-18-8-10-20(29)11-9-18)15-23-25(31)30(26(32)34-23)12-4-7-17-5-2-1-3-6-17/h1-3,5-6,8-11,13-15H,4,7,12,16H2/b23-15+. The summed E-state index contributed by atoms with van der Waals surface area (Å²) in [5.74, 6) is -0.365. The van der Waals surface area contributed by atoms with Crippen molar-refractivity contribution in [3.05, 3.63) is 104 Å². The van der Waals surface area contributed by atoms with Gasteiger partial charge in [0.1, 0.15) is 12.4 Å². The second-order valence-corrected chi connectivity index (χ2v) is 9.46. The summed E-state index contributed by atoms with van der Waals surface area (Å²) in [4.78, 5) is 26.8. The maximum Gasteiger partial charge on any atom is 0.293 e. The van der Waals surface area contributed by atoms with Crippen LogP contribution in [0.25, 0.3) is 6.08 Å². The van der Waals surface area contributed by atoms with Gasteiger partial charge >= 0.3 is 0 Å². The maximum absolute atomic E-state index is 13.1. The van der Waals surface area contributed by atoms with Crippen LogP contribution in [0.5, 0.6) is 5.75 Å². The van der Waals surface area contributed by atoms with Gasteiger partial charge in [-0.05, 0) is 71.6 Å². The van der Waals surface area contributed by atoms with Crippen LogP contribution in [0.2, 0.25) is 10.0 Å². The fourth-order valence-electron chi connectivity index (χ4n) is 3.47. The molecule has 34 heavy (non-hydrogen) atoms. The highest BCUT2D eigenvalue weighted by molar-refractivity contribution is 8.18. The zero-order chi connectivity index (χ0) is 24.1. The number of hydrogen-bond acceptors (Lipinski definition) is 4. The molecule has 0 unspecified atom stereocenters. The number of thioether (sulfide) groups is 1. The van der Waals surface area contributed by atoms with Crippen molar-refractivity contribution < 1.29 is 18.7 Å². The van der Waals surface area contributed by atoms with E-state index in [9.17, 15) is 14.0 Å². The molecule has 0 bridgehead atoms. The number of hydrogen-bond donors (Lipinski definition) is 0. The van der Waals surface area contributed by atoms with E-state index in [1.165, 1.54) is 17.0 Å². The molecule has 4 rings (SSSR count). The van der Waals surface area contributed by atoms with Crippen LogP contribution in [0.15, 0.2) is 71.6 Å². The molecule has 0 N–H and O–H groups in total. The molecule has 174 valence electrons. The number of benzene rings is 3. The van der Waals surface area contributed by atoms with Crippen molar-refractivity contribution in [2.75, 3.05) is 6.54 Å². The lowest BCUT2D eigenvalue weighted by molar-refractivity contribution is -0.122. The Hall–Kier alpha value is -2.80. The number of amides is 2. The summed E-state index contributed by atoms with van der Waals surface area (Å²) in [7, 11) is 0. The summed E-state index contributed by atoms with van der Waals surface area (Å²) in [5.41, 5.74) is 2.51. The van der Waals surface area contributed by atoms with Crippen molar-refractivity contribution in [2.24, 2.45) is 0 Å². The summed E-state index contributed by atoms with van der Waals surface area (Å²) in [6.45, 7) is 0.523. The van der Waals surface area contributed by atoms with E-state index in [1.807, 2.05) is 30.3 Å². The van der Waals surface area contributed by atoms with Crippen molar-refractivity contribution in [1.29, 1.82) is 0 Å². The molecule has 0 aromatic heterocycles. The Labute approximate surface area is 211 Å². The van der Waals surface area contributed by atoms with Crippen LogP contribution in [0, 0.1) is 5.82 Å². The van der Waals surface area contributed by atoms with E-state index < -0.39 is 0 Å². The predicted octanol–water partition coefficient (Wildman–Crippen LogP) is 7.38. The number of nitrogens with zero attached hydrogens (tertiary/aromatic N) is 1. The molecule has 0 saturated carbocycles. The van der Waals surface area contributed by atoms with Crippen LogP contribution < -0.4 is 4.74 Å². The fourth-order valence-corrected chi connectivity index (χ4v) is 4.95. The largest absolute Gasteiger partial charge is 0.486 e. The third kappa shape index (κ3) is 6.00. The number of ether oxygens (including phenoxy) is 1. The van der Waals surface area contributed by atoms with Gasteiger partial charge in [0.15, 0.2) is 5.75 Å². The lowest BCUT2D eigenvalue weighted by Crippen LogP contribution is -2.29. The summed E-state index contributed by atoms with van der Waals surface area (Å²) in [6, 6.07) is 19.1. The first-order valence-corrected chi connectivity index (χ1v) is 12.1. The van der Waals surface area contributed by atoms with Crippen LogP contribution in [-0.2, 0) is 17.8 Å². The molecule has 3 aromatic carbocycles. The highest BCUT2D eigenvalue weighted by Gasteiger charge is 2.34. The Kier molecular flexibility index (Phi) is 7.93. The molecular formula is C26H20Cl2FNO3S. The molecule has 0 spiro atoms. The van der Waals surface area contributed by atoms with Gasteiger partial charge in [0.2, 0.25) is 0 Å². The van der Waals surface area contributed by atoms with Crippen LogP contribution in [0.3, 0.4) is 0 Å². The number of carbonyl (C=O) groups is 2. The van der Waals surface area contributed by atoms with Gasteiger partial charge in [-0.2, -0.15) is 0 Å². The topological polar surface area (TPSA) is 46.6 Å². The molecule has 1 heterocycles. The molecule has 0 radical (unpaired) electrons. The number of carbonyl (C=O) groups excluding carboxylic acids is 2. The van der Waals surface area contributed by atoms with E-state index in [2.05, 4.69) is 0 Å². The molecule has 2 amide bonds. The first-order chi connectivity index (χ1) is 16.4. The fraction of sp³-hybridized carbons (Fsp3) is 0.154. The average molecular weight is 516 g/mol. The second kappa shape index (κ2) is 11.1. The van der Waals surface area contributed by atoms with E-state index >= 15 is 0 Å². The summed E-state index contributed by atoms with van der Waals surface area (Å²) < 4.78 is 18.8. The molecule has 8 heteroatoms. The van der Waals surface area contributed by atoms with Gasteiger partial charge in [-0.15, -0.1) is 0 Å². The van der Waals surface area contributed by atoms with Crippen molar-refractivity contribution >= 4 is 52.2 Å². The monoisotopic (exact) mass is 515 g/mol. The van der Waals surface area contributed by atoms with E-state index in [1.54, 1.807) is 30.3 Å².